The number of nitrogens with two attached hydrogens (primary N) is 1. The predicted octanol–water partition coefficient (Wildman–Crippen LogP) is 0.462. The number of sulfonamides is 1. The van der Waals surface area contributed by atoms with Gasteiger partial charge in [-0.2, -0.15) is 4.31 Å². The summed E-state index contributed by atoms with van der Waals surface area (Å²) in [6.45, 7) is 2.40. The van der Waals surface area contributed by atoms with Crippen LogP contribution in [0.1, 0.15) is 24.9 Å². The van der Waals surface area contributed by atoms with Crippen molar-refractivity contribution < 1.29 is 13.5 Å². The molecule has 1 heterocycles. The SMILES string of the molecule is CC(N)c1ccc(S(=O)(=O)N2CCC(O)C2)cc1. The molecule has 1 aliphatic heterocycles. The lowest BCUT2D eigenvalue weighted by atomic mass is 10.1. The summed E-state index contributed by atoms with van der Waals surface area (Å²) in [6, 6.07) is 6.47. The van der Waals surface area contributed by atoms with Crippen LogP contribution in [-0.4, -0.2) is 37.0 Å². The van der Waals surface area contributed by atoms with Gasteiger partial charge in [0.15, 0.2) is 0 Å². The van der Waals surface area contributed by atoms with Gasteiger partial charge in [0.05, 0.1) is 11.0 Å². The Kier molecular flexibility index (Phi) is 3.72. The minimum atomic E-state index is -3.48. The van der Waals surface area contributed by atoms with Crippen molar-refractivity contribution in [2.45, 2.75) is 30.4 Å². The predicted molar refractivity (Wildman–Crippen MR) is 68.4 cm³/mol. The molecule has 0 aromatic heterocycles. The highest BCUT2D eigenvalue weighted by Crippen LogP contribution is 2.22. The third-order valence-corrected chi connectivity index (χ3v) is 5.05. The molecule has 0 saturated carbocycles. The third-order valence-electron chi connectivity index (χ3n) is 3.17. The summed E-state index contributed by atoms with van der Waals surface area (Å²) in [5, 5.41) is 9.40. The summed E-state index contributed by atoms with van der Waals surface area (Å²) >= 11 is 0. The average molecular weight is 270 g/mol. The number of aliphatic hydroxyl groups is 1. The quantitative estimate of drug-likeness (QED) is 0.836. The highest BCUT2D eigenvalue weighted by atomic mass is 32.2. The number of rotatable bonds is 3. The highest BCUT2D eigenvalue weighted by Gasteiger charge is 2.31. The van der Waals surface area contributed by atoms with Crippen LogP contribution in [0, 0.1) is 0 Å². The maximum Gasteiger partial charge on any atom is 0.243 e. The molecule has 5 nitrogen and oxygen atoms in total. The van der Waals surface area contributed by atoms with Gasteiger partial charge in [-0.1, -0.05) is 12.1 Å². The van der Waals surface area contributed by atoms with Crippen LogP contribution in [0.2, 0.25) is 0 Å². The highest BCUT2D eigenvalue weighted by molar-refractivity contribution is 7.89. The molecule has 0 radical (unpaired) electrons. The fourth-order valence-electron chi connectivity index (χ4n) is 2.02. The van der Waals surface area contributed by atoms with Gasteiger partial charge in [0, 0.05) is 19.1 Å². The van der Waals surface area contributed by atoms with Gasteiger partial charge in [-0.15, -0.1) is 0 Å². The Hall–Kier alpha value is -0.950. The zero-order valence-corrected chi connectivity index (χ0v) is 11.1. The molecule has 1 saturated heterocycles. The summed E-state index contributed by atoms with van der Waals surface area (Å²) in [7, 11) is -3.48. The van der Waals surface area contributed by atoms with E-state index in [4.69, 9.17) is 5.73 Å². The van der Waals surface area contributed by atoms with Crippen molar-refractivity contribution in [1.29, 1.82) is 0 Å². The lowest BCUT2D eigenvalue weighted by molar-refractivity contribution is 0.189. The Morgan fingerprint density at radius 1 is 1.39 bits per heavy atom. The van der Waals surface area contributed by atoms with Crippen molar-refractivity contribution in [2.75, 3.05) is 13.1 Å². The van der Waals surface area contributed by atoms with Gasteiger partial charge in [-0.05, 0) is 31.0 Å². The summed E-state index contributed by atoms with van der Waals surface area (Å²) in [5.41, 5.74) is 6.62. The number of benzene rings is 1. The minimum Gasteiger partial charge on any atom is -0.392 e. The smallest absolute Gasteiger partial charge is 0.243 e. The van der Waals surface area contributed by atoms with E-state index in [0.29, 0.717) is 13.0 Å². The van der Waals surface area contributed by atoms with Crippen LogP contribution in [-0.2, 0) is 10.0 Å². The first-order valence-corrected chi connectivity index (χ1v) is 7.39. The van der Waals surface area contributed by atoms with E-state index in [1.165, 1.54) is 4.31 Å². The number of β-amino-alcohol motifs (C(OH)–C–C–N with tert-alkyl or cyclic N) is 1. The second kappa shape index (κ2) is 4.97. The summed E-state index contributed by atoms with van der Waals surface area (Å²) in [4.78, 5) is 0.251. The Labute approximate surface area is 107 Å². The maximum atomic E-state index is 12.2. The van der Waals surface area contributed by atoms with Gasteiger partial charge < -0.3 is 10.8 Å². The summed E-state index contributed by atoms with van der Waals surface area (Å²) in [6.07, 6.45) is -0.0555. The summed E-state index contributed by atoms with van der Waals surface area (Å²) < 4.78 is 25.8. The van der Waals surface area contributed by atoms with Crippen LogP contribution in [0.15, 0.2) is 29.2 Å². The Bertz CT molecular complexity index is 511. The number of aliphatic hydroxyl groups excluding tert-OH is 1. The third kappa shape index (κ3) is 2.56. The van der Waals surface area contributed by atoms with E-state index in [1.54, 1.807) is 24.3 Å². The molecule has 1 aromatic carbocycles. The second-order valence-corrected chi connectivity index (χ2v) is 6.60. The molecule has 0 spiro atoms. The number of hydrogen-bond donors (Lipinski definition) is 2. The lowest BCUT2D eigenvalue weighted by Gasteiger charge is -2.16. The minimum absolute atomic E-state index is 0.115. The lowest BCUT2D eigenvalue weighted by Crippen LogP contribution is -2.29. The second-order valence-electron chi connectivity index (χ2n) is 4.66. The van der Waals surface area contributed by atoms with Crippen molar-refractivity contribution in [1.82, 2.24) is 4.31 Å². The van der Waals surface area contributed by atoms with Gasteiger partial charge >= 0.3 is 0 Å². The van der Waals surface area contributed by atoms with Crippen LogP contribution in [0.25, 0.3) is 0 Å². The molecular weight excluding hydrogens is 252 g/mol. The summed E-state index contributed by atoms with van der Waals surface area (Å²) in [5.74, 6) is 0. The first-order chi connectivity index (χ1) is 8.41. The van der Waals surface area contributed by atoms with E-state index < -0.39 is 16.1 Å². The van der Waals surface area contributed by atoms with Gasteiger partial charge in [-0.25, -0.2) is 8.42 Å². The molecule has 2 rings (SSSR count). The van der Waals surface area contributed by atoms with Crippen LogP contribution in [0.3, 0.4) is 0 Å². The topological polar surface area (TPSA) is 83.6 Å². The molecule has 1 aromatic rings. The zero-order valence-electron chi connectivity index (χ0n) is 10.3. The number of nitrogens with zero attached hydrogens (tertiary/aromatic N) is 1. The fourth-order valence-corrected chi connectivity index (χ4v) is 3.51. The van der Waals surface area contributed by atoms with Crippen molar-refractivity contribution in [3.63, 3.8) is 0 Å². The van der Waals surface area contributed by atoms with E-state index in [0.717, 1.165) is 5.56 Å². The van der Waals surface area contributed by atoms with Crippen molar-refractivity contribution in [3.05, 3.63) is 29.8 Å². The molecule has 0 bridgehead atoms. The molecule has 2 unspecified atom stereocenters. The van der Waals surface area contributed by atoms with Crippen LogP contribution in [0.5, 0.6) is 0 Å². The molecule has 100 valence electrons. The van der Waals surface area contributed by atoms with Crippen LogP contribution in [0.4, 0.5) is 0 Å². The Morgan fingerprint density at radius 3 is 2.44 bits per heavy atom. The van der Waals surface area contributed by atoms with Gasteiger partial charge in [0.1, 0.15) is 0 Å². The number of hydrogen-bond acceptors (Lipinski definition) is 4. The molecule has 1 fully saturated rings. The molecule has 1 aliphatic rings. The standard InChI is InChI=1S/C12H18N2O3S/c1-9(13)10-2-4-12(5-3-10)18(16,17)14-7-6-11(15)8-14/h2-5,9,11,15H,6-8,13H2,1H3. The first kappa shape index (κ1) is 13.5. The molecule has 18 heavy (non-hydrogen) atoms. The van der Waals surface area contributed by atoms with Gasteiger partial charge in [0.25, 0.3) is 0 Å². The van der Waals surface area contributed by atoms with Crippen molar-refractivity contribution >= 4 is 10.0 Å². The van der Waals surface area contributed by atoms with E-state index in [2.05, 4.69) is 0 Å². The van der Waals surface area contributed by atoms with Crippen molar-refractivity contribution in [2.24, 2.45) is 5.73 Å². The van der Waals surface area contributed by atoms with Gasteiger partial charge in [-0.3, -0.25) is 0 Å². The van der Waals surface area contributed by atoms with E-state index in [-0.39, 0.29) is 17.5 Å². The molecule has 3 N–H and O–H groups in total. The van der Waals surface area contributed by atoms with Crippen LogP contribution >= 0.6 is 0 Å². The van der Waals surface area contributed by atoms with E-state index >= 15 is 0 Å². The maximum absolute atomic E-state index is 12.2. The van der Waals surface area contributed by atoms with Crippen molar-refractivity contribution in [3.8, 4) is 0 Å². The van der Waals surface area contributed by atoms with E-state index in [9.17, 15) is 13.5 Å². The molecule has 0 aliphatic carbocycles. The van der Waals surface area contributed by atoms with E-state index in [1.807, 2.05) is 6.92 Å². The first-order valence-electron chi connectivity index (χ1n) is 5.95. The van der Waals surface area contributed by atoms with Gasteiger partial charge in [0.2, 0.25) is 10.0 Å². The largest absolute Gasteiger partial charge is 0.392 e. The molecule has 6 heteroatoms. The fraction of sp³-hybridized carbons (Fsp3) is 0.500. The van der Waals surface area contributed by atoms with Crippen LogP contribution < -0.4 is 5.73 Å². The molecular formula is C12H18N2O3S. The monoisotopic (exact) mass is 270 g/mol. The normalized spacial score (nSPS) is 23.2. The molecule has 2 atom stereocenters. The zero-order chi connectivity index (χ0) is 13.3. The Balaban J connectivity index is 2.25. The molecule has 0 amide bonds. The Morgan fingerprint density at radius 2 is 2.00 bits per heavy atom. The average Bonchev–Trinajstić information content (AvgIpc) is 2.76.